The highest BCUT2D eigenvalue weighted by atomic mass is 32.2. The molecule has 0 aliphatic rings. The maximum Gasteiger partial charge on any atom is 0.348 e. The van der Waals surface area contributed by atoms with E-state index in [0.29, 0.717) is 13.0 Å². The second-order valence-electron chi connectivity index (χ2n) is 5.97. The van der Waals surface area contributed by atoms with Gasteiger partial charge in [0, 0.05) is 12.1 Å². The molecule has 5 heteroatoms. The number of hydrogen-bond acceptors (Lipinski definition) is 2. The highest BCUT2D eigenvalue weighted by Gasteiger charge is 2.33. The fourth-order valence-electron chi connectivity index (χ4n) is 2.75. The summed E-state index contributed by atoms with van der Waals surface area (Å²) in [6, 6.07) is 11.9. The Morgan fingerprint density at radius 3 is 2.65 bits per heavy atom. The van der Waals surface area contributed by atoms with Crippen molar-refractivity contribution >= 4 is 24.8 Å². The Balaban J connectivity index is 1.88. The summed E-state index contributed by atoms with van der Waals surface area (Å²) >= 11 is -0.936. The van der Waals surface area contributed by atoms with Gasteiger partial charge in [0.15, 0.2) is 0 Å². The zero-order valence-corrected chi connectivity index (χ0v) is 15.3. The second-order valence-corrected chi connectivity index (χ2v) is 6.63. The molecule has 0 amide bonds. The van der Waals surface area contributed by atoms with Crippen molar-refractivity contribution < 1.29 is 12.7 Å². The first-order chi connectivity index (χ1) is 12.5. The Morgan fingerprint density at radius 1 is 1.15 bits per heavy atom. The SMILES string of the molecule is C=C/C=c1/c(CNCCCc2cccc(C(F)(F)SF)c2)cccc1=C. The molecule has 0 fully saturated rings. The van der Waals surface area contributed by atoms with E-state index in [9.17, 15) is 12.7 Å². The fraction of sp³-hybridized carbons (Fsp3) is 0.238. The van der Waals surface area contributed by atoms with Gasteiger partial charge in [-0.05, 0) is 47.0 Å². The zero-order chi connectivity index (χ0) is 19.0. The molecule has 1 N–H and O–H groups in total. The molecule has 138 valence electrons. The first-order valence-corrected chi connectivity index (χ1v) is 9.07. The smallest absolute Gasteiger partial charge is 0.313 e. The largest absolute Gasteiger partial charge is 0.348 e. The van der Waals surface area contributed by atoms with Crippen LogP contribution in [0.15, 0.2) is 55.1 Å². The molecule has 0 heterocycles. The maximum absolute atomic E-state index is 13.4. The third-order valence-electron chi connectivity index (χ3n) is 4.07. The van der Waals surface area contributed by atoms with Crippen LogP contribution >= 0.6 is 12.1 Å². The average molecular weight is 377 g/mol. The lowest BCUT2D eigenvalue weighted by molar-refractivity contribution is 0.101. The molecule has 2 aromatic carbocycles. The lowest BCUT2D eigenvalue weighted by Crippen LogP contribution is -2.30. The molecule has 26 heavy (non-hydrogen) atoms. The van der Waals surface area contributed by atoms with Crippen molar-refractivity contribution in [3.05, 3.63) is 82.2 Å². The van der Waals surface area contributed by atoms with E-state index in [-0.39, 0.29) is 5.56 Å². The van der Waals surface area contributed by atoms with Gasteiger partial charge in [-0.2, -0.15) is 12.7 Å². The Morgan fingerprint density at radius 2 is 1.92 bits per heavy atom. The molecule has 0 radical (unpaired) electrons. The van der Waals surface area contributed by atoms with Crippen LogP contribution in [0.3, 0.4) is 0 Å². The summed E-state index contributed by atoms with van der Waals surface area (Å²) in [6.07, 6.45) is 5.12. The highest BCUT2D eigenvalue weighted by molar-refractivity contribution is 7.94. The molecule has 1 nitrogen and oxygen atoms in total. The number of benzene rings is 2. The fourth-order valence-corrected chi connectivity index (χ4v) is 2.96. The Hall–Kier alpha value is -1.98. The van der Waals surface area contributed by atoms with Crippen molar-refractivity contribution in [3.63, 3.8) is 0 Å². The van der Waals surface area contributed by atoms with Gasteiger partial charge < -0.3 is 5.32 Å². The number of halogens is 3. The van der Waals surface area contributed by atoms with Gasteiger partial charge in [0.1, 0.15) is 12.1 Å². The minimum Gasteiger partial charge on any atom is -0.313 e. The van der Waals surface area contributed by atoms with Gasteiger partial charge in [-0.25, -0.2) is 0 Å². The average Bonchev–Trinajstić information content (AvgIpc) is 2.64. The number of allylic oxidation sites excluding steroid dienone is 1. The molecule has 2 aromatic rings. The lowest BCUT2D eigenvalue weighted by atomic mass is 10.1. The first kappa shape index (κ1) is 20.3. The summed E-state index contributed by atoms with van der Waals surface area (Å²) < 4.78 is 39.1. The third-order valence-corrected chi connectivity index (χ3v) is 4.50. The normalized spacial score (nSPS) is 12.3. The summed E-state index contributed by atoms with van der Waals surface area (Å²) in [5.74, 6) is 0. The third kappa shape index (κ3) is 5.51. The molecule has 0 atom stereocenters. The van der Waals surface area contributed by atoms with Crippen molar-refractivity contribution in [1.29, 1.82) is 0 Å². The molecule has 0 unspecified atom stereocenters. The van der Waals surface area contributed by atoms with Crippen LogP contribution < -0.4 is 15.8 Å². The van der Waals surface area contributed by atoms with Gasteiger partial charge in [0.2, 0.25) is 0 Å². The quantitative estimate of drug-likeness (QED) is 0.648. The van der Waals surface area contributed by atoms with Gasteiger partial charge in [-0.3, -0.25) is 0 Å². The van der Waals surface area contributed by atoms with Gasteiger partial charge in [-0.1, -0.05) is 61.7 Å². The second kappa shape index (κ2) is 9.64. The summed E-state index contributed by atoms with van der Waals surface area (Å²) in [5, 5.41) is 1.88. The summed E-state index contributed by atoms with van der Waals surface area (Å²) in [7, 11) is 0. The van der Waals surface area contributed by atoms with Crippen molar-refractivity contribution in [1.82, 2.24) is 5.32 Å². The monoisotopic (exact) mass is 377 g/mol. The van der Waals surface area contributed by atoms with E-state index in [4.69, 9.17) is 0 Å². The van der Waals surface area contributed by atoms with Crippen LogP contribution in [0.1, 0.15) is 23.1 Å². The molecule has 0 aliphatic carbocycles. The summed E-state index contributed by atoms with van der Waals surface area (Å²) in [5.41, 5.74) is 1.62. The van der Waals surface area contributed by atoms with Crippen LogP contribution in [0.5, 0.6) is 0 Å². The molecule has 0 aromatic heterocycles. The van der Waals surface area contributed by atoms with E-state index in [1.807, 2.05) is 24.3 Å². The van der Waals surface area contributed by atoms with E-state index in [1.54, 1.807) is 18.2 Å². The number of alkyl halides is 2. The van der Waals surface area contributed by atoms with E-state index in [2.05, 4.69) is 18.5 Å². The van der Waals surface area contributed by atoms with Crippen LogP contribution in [-0.2, 0) is 18.2 Å². The van der Waals surface area contributed by atoms with Crippen LogP contribution in [0.2, 0.25) is 0 Å². The molecule has 0 saturated heterocycles. The topological polar surface area (TPSA) is 12.0 Å². The molecule has 0 spiro atoms. The van der Waals surface area contributed by atoms with Gasteiger partial charge >= 0.3 is 5.25 Å². The number of nitrogens with one attached hydrogen (secondary N) is 1. The molecular weight excluding hydrogens is 355 g/mol. The maximum atomic E-state index is 13.4. The number of rotatable bonds is 9. The lowest BCUT2D eigenvalue weighted by Gasteiger charge is -2.12. The van der Waals surface area contributed by atoms with E-state index in [0.717, 1.165) is 34.5 Å². The van der Waals surface area contributed by atoms with E-state index < -0.39 is 17.4 Å². The van der Waals surface area contributed by atoms with Crippen molar-refractivity contribution in [2.24, 2.45) is 0 Å². The highest BCUT2D eigenvalue weighted by Crippen LogP contribution is 2.40. The van der Waals surface area contributed by atoms with Crippen LogP contribution in [-0.4, -0.2) is 6.54 Å². The predicted octanol–water partition coefficient (Wildman–Crippen LogP) is 4.45. The van der Waals surface area contributed by atoms with Crippen molar-refractivity contribution in [2.45, 2.75) is 24.6 Å². The molecule has 0 aliphatic heterocycles. The minimum absolute atomic E-state index is 0.299. The first-order valence-electron chi connectivity index (χ1n) is 8.35. The van der Waals surface area contributed by atoms with Gasteiger partial charge in [0.25, 0.3) is 0 Å². The zero-order valence-electron chi connectivity index (χ0n) is 14.5. The van der Waals surface area contributed by atoms with Crippen molar-refractivity contribution in [3.8, 4) is 0 Å². The minimum atomic E-state index is -3.49. The predicted molar refractivity (Wildman–Crippen MR) is 105 cm³/mol. The van der Waals surface area contributed by atoms with Gasteiger partial charge in [0.05, 0.1) is 0 Å². The van der Waals surface area contributed by atoms with Crippen LogP contribution in [0, 0.1) is 0 Å². The Bertz CT molecular complexity index is 849. The molecule has 2 rings (SSSR count). The van der Waals surface area contributed by atoms with Crippen LogP contribution in [0.25, 0.3) is 12.7 Å². The molecule has 0 bridgehead atoms. The molecule has 0 saturated carbocycles. The number of hydrogen-bond donors (Lipinski definition) is 1. The van der Waals surface area contributed by atoms with Crippen molar-refractivity contribution in [2.75, 3.05) is 6.54 Å². The molecular formula is C21H22F3NS. The van der Waals surface area contributed by atoms with E-state index in [1.165, 1.54) is 12.1 Å². The summed E-state index contributed by atoms with van der Waals surface area (Å²) in [6.45, 7) is 9.19. The standard InChI is InChI=1S/C21H22F3NS/c1-3-7-20-16(2)8-4-11-18(20)15-25-13-6-10-17-9-5-12-19(14-17)21(22,23)26-24/h3-5,7-9,11-12,14,25H,1-2,6,10,13,15H2/b20-7+. The summed E-state index contributed by atoms with van der Waals surface area (Å²) in [4.78, 5) is 0. The van der Waals surface area contributed by atoms with Gasteiger partial charge in [-0.15, -0.1) is 0 Å². The number of aryl methyl sites for hydroxylation is 1. The Labute approximate surface area is 156 Å². The van der Waals surface area contributed by atoms with Crippen LogP contribution in [0.4, 0.5) is 12.7 Å². The van der Waals surface area contributed by atoms with E-state index >= 15 is 0 Å². The Kier molecular flexibility index (Phi) is 7.54.